The molecule has 1 aliphatic heterocycles. The first kappa shape index (κ1) is 10.3. The zero-order valence-corrected chi connectivity index (χ0v) is 9.35. The van der Waals surface area contributed by atoms with Crippen molar-refractivity contribution < 1.29 is 9.53 Å². The van der Waals surface area contributed by atoms with Gasteiger partial charge in [-0.3, -0.25) is 4.98 Å². The van der Waals surface area contributed by atoms with Crippen LogP contribution in [0.5, 0.6) is 0 Å². The molecule has 4 nitrogen and oxygen atoms in total. The second kappa shape index (κ2) is 3.56. The molecule has 0 aromatic carbocycles. The standard InChI is InChI=1S/C13H12N2O2/c14-7-9-1-4-13(5-2-9)11-8-15-6-3-10(11)12(16)17-13/h3,6,8-9H,1-2,4-5H2. The van der Waals surface area contributed by atoms with Gasteiger partial charge in [-0.25, -0.2) is 4.79 Å². The summed E-state index contributed by atoms with van der Waals surface area (Å²) >= 11 is 0. The number of pyridine rings is 1. The van der Waals surface area contributed by atoms with Gasteiger partial charge in [0.15, 0.2) is 0 Å². The van der Waals surface area contributed by atoms with Gasteiger partial charge in [0, 0.05) is 23.9 Å². The summed E-state index contributed by atoms with van der Waals surface area (Å²) in [5.41, 5.74) is 1.03. The second-order valence-electron chi connectivity index (χ2n) is 4.71. The minimum atomic E-state index is -0.506. The molecule has 1 aliphatic carbocycles. The van der Waals surface area contributed by atoms with Crippen LogP contribution < -0.4 is 0 Å². The molecule has 2 aliphatic rings. The SMILES string of the molecule is N#CC1CCC2(CC1)OC(=O)c1ccncc12. The normalized spacial score (nSPS) is 30.8. The molecule has 0 saturated heterocycles. The van der Waals surface area contributed by atoms with Crippen molar-refractivity contribution in [3.63, 3.8) is 0 Å². The third-order valence-corrected chi connectivity index (χ3v) is 3.80. The highest BCUT2D eigenvalue weighted by Gasteiger charge is 2.47. The lowest BCUT2D eigenvalue weighted by Crippen LogP contribution is -2.31. The summed E-state index contributed by atoms with van der Waals surface area (Å²) in [7, 11) is 0. The van der Waals surface area contributed by atoms with Crippen molar-refractivity contribution in [2.45, 2.75) is 31.3 Å². The van der Waals surface area contributed by atoms with E-state index < -0.39 is 5.60 Å². The minimum absolute atomic E-state index is 0.0973. The Kier molecular flexibility index (Phi) is 2.15. The maximum absolute atomic E-state index is 11.8. The van der Waals surface area contributed by atoms with E-state index in [0.29, 0.717) is 5.56 Å². The number of nitrogens with zero attached hydrogens (tertiary/aromatic N) is 2. The molecule has 1 aromatic rings. The summed E-state index contributed by atoms with van der Waals surface area (Å²) in [5.74, 6) is -0.155. The molecule has 0 amide bonds. The molecule has 1 spiro atoms. The molecule has 1 fully saturated rings. The molecule has 0 bridgehead atoms. The molecule has 4 heteroatoms. The van der Waals surface area contributed by atoms with Gasteiger partial charge in [0.05, 0.1) is 11.6 Å². The Labute approximate surface area is 99.2 Å². The third kappa shape index (κ3) is 1.42. The minimum Gasteiger partial charge on any atom is -0.450 e. The van der Waals surface area contributed by atoms with Crippen molar-refractivity contribution in [2.24, 2.45) is 5.92 Å². The van der Waals surface area contributed by atoms with Crippen LogP contribution in [0, 0.1) is 17.2 Å². The molecule has 3 rings (SSSR count). The van der Waals surface area contributed by atoms with Crippen molar-refractivity contribution in [1.82, 2.24) is 4.98 Å². The molecule has 1 aromatic heterocycles. The Hall–Kier alpha value is -1.89. The maximum Gasteiger partial charge on any atom is 0.339 e. The van der Waals surface area contributed by atoms with Crippen molar-refractivity contribution in [3.05, 3.63) is 29.6 Å². The first-order chi connectivity index (χ1) is 8.25. The summed E-state index contributed by atoms with van der Waals surface area (Å²) in [6, 6.07) is 4.00. The number of aromatic nitrogens is 1. The van der Waals surface area contributed by atoms with Crippen LogP contribution >= 0.6 is 0 Å². The van der Waals surface area contributed by atoms with E-state index in [-0.39, 0.29) is 11.9 Å². The number of esters is 1. The summed E-state index contributed by atoms with van der Waals surface area (Å²) < 4.78 is 5.56. The number of nitriles is 1. The average molecular weight is 228 g/mol. The van der Waals surface area contributed by atoms with Gasteiger partial charge in [0.25, 0.3) is 0 Å². The molecule has 86 valence electrons. The molecular weight excluding hydrogens is 216 g/mol. The molecule has 2 heterocycles. The molecule has 0 radical (unpaired) electrons. The monoisotopic (exact) mass is 228 g/mol. The summed E-state index contributed by atoms with van der Waals surface area (Å²) in [6.07, 6.45) is 6.38. The smallest absolute Gasteiger partial charge is 0.339 e. The Balaban J connectivity index is 1.97. The van der Waals surface area contributed by atoms with Crippen molar-refractivity contribution in [1.29, 1.82) is 5.26 Å². The van der Waals surface area contributed by atoms with E-state index in [2.05, 4.69) is 11.1 Å². The lowest BCUT2D eigenvalue weighted by molar-refractivity contribution is -0.0324. The van der Waals surface area contributed by atoms with Crippen molar-refractivity contribution in [3.8, 4) is 6.07 Å². The van der Waals surface area contributed by atoms with Gasteiger partial charge in [-0.2, -0.15) is 5.26 Å². The Morgan fingerprint density at radius 1 is 1.47 bits per heavy atom. The van der Waals surface area contributed by atoms with Crippen LogP contribution in [0.15, 0.2) is 18.5 Å². The van der Waals surface area contributed by atoms with Gasteiger partial charge in [0.2, 0.25) is 0 Å². The van der Waals surface area contributed by atoms with Crippen LogP contribution in [0.1, 0.15) is 41.6 Å². The van der Waals surface area contributed by atoms with Crippen LogP contribution in [0.2, 0.25) is 0 Å². The summed E-state index contributed by atoms with van der Waals surface area (Å²) in [5, 5.41) is 8.90. The molecule has 17 heavy (non-hydrogen) atoms. The third-order valence-electron chi connectivity index (χ3n) is 3.80. The van der Waals surface area contributed by atoms with Crippen LogP contribution in [-0.2, 0) is 10.3 Å². The van der Waals surface area contributed by atoms with E-state index in [4.69, 9.17) is 10.00 Å². The van der Waals surface area contributed by atoms with E-state index in [1.54, 1.807) is 18.5 Å². The van der Waals surface area contributed by atoms with Crippen LogP contribution in [-0.4, -0.2) is 11.0 Å². The fourth-order valence-corrected chi connectivity index (χ4v) is 2.81. The Morgan fingerprint density at radius 3 is 2.94 bits per heavy atom. The van der Waals surface area contributed by atoms with E-state index >= 15 is 0 Å². The highest BCUT2D eigenvalue weighted by molar-refractivity contribution is 5.94. The topological polar surface area (TPSA) is 63.0 Å². The summed E-state index contributed by atoms with van der Waals surface area (Å²) in [6.45, 7) is 0. The number of hydrogen-bond acceptors (Lipinski definition) is 4. The molecule has 0 unspecified atom stereocenters. The molecule has 1 saturated carbocycles. The van der Waals surface area contributed by atoms with Crippen LogP contribution in [0.4, 0.5) is 0 Å². The lowest BCUT2D eigenvalue weighted by atomic mass is 9.76. The maximum atomic E-state index is 11.8. The Morgan fingerprint density at radius 2 is 2.24 bits per heavy atom. The number of fused-ring (bicyclic) bond motifs is 2. The highest BCUT2D eigenvalue weighted by Crippen LogP contribution is 2.47. The van der Waals surface area contributed by atoms with Gasteiger partial charge in [-0.05, 0) is 31.7 Å². The van der Waals surface area contributed by atoms with Gasteiger partial charge < -0.3 is 4.74 Å². The predicted octanol–water partition coefficient (Wildman–Crippen LogP) is 2.16. The lowest BCUT2D eigenvalue weighted by Gasteiger charge is -2.34. The van der Waals surface area contributed by atoms with E-state index in [1.165, 1.54) is 0 Å². The quantitative estimate of drug-likeness (QED) is 0.638. The van der Waals surface area contributed by atoms with Crippen LogP contribution in [0.25, 0.3) is 0 Å². The van der Waals surface area contributed by atoms with E-state index in [1.807, 2.05) is 0 Å². The van der Waals surface area contributed by atoms with Crippen molar-refractivity contribution in [2.75, 3.05) is 0 Å². The van der Waals surface area contributed by atoms with Gasteiger partial charge >= 0.3 is 5.97 Å². The van der Waals surface area contributed by atoms with E-state index in [9.17, 15) is 4.79 Å². The zero-order valence-electron chi connectivity index (χ0n) is 9.35. The first-order valence-electron chi connectivity index (χ1n) is 5.83. The zero-order chi connectivity index (χ0) is 11.9. The van der Waals surface area contributed by atoms with E-state index in [0.717, 1.165) is 31.2 Å². The fourth-order valence-electron chi connectivity index (χ4n) is 2.81. The molecular formula is C13H12N2O2. The fraction of sp³-hybridized carbons (Fsp3) is 0.462. The van der Waals surface area contributed by atoms with Gasteiger partial charge in [-0.1, -0.05) is 0 Å². The van der Waals surface area contributed by atoms with Gasteiger partial charge in [0.1, 0.15) is 5.60 Å². The number of ether oxygens (including phenoxy) is 1. The summed E-state index contributed by atoms with van der Waals surface area (Å²) in [4.78, 5) is 15.9. The second-order valence-corrected chi connectivity index (χ2v) is 4.71. The predicted molar refractivity (Wildman–Crippen MR) is 58.9 cm³/mol. The van der Waals surface area contributed by atoms with Crippen molar-refractivity contribution >= 4 is 5.97 Å². The number of hydrogen-bond donors (Lipinski definition) is 0. The molecule has 0 atom stereocenters. The highest BCUT2D eigenvalue weighted by atomic mass is 16.6. The molecule has 0 N–H and O–H groups in total. The number of rotatable bonds is 0. The van der Waals surface area contributed by atoms with Crippen LogP contribution in [0.3, 0.4) is 0 Å². The Bertz CT molecular complexity index is 510. The van der Waals surface area contributed by atoms with Gasteiger partial charge in [-0.15, -0.1) is 0 Å². The number of carbonyl (C=O) groups excluding carboxylic acids is 1. The number of carbonyl (C=O) groups is 1. The largest absolute Gasteiger partial charge is 0.450 e. The average Bonchev–Trinajstić information content (AvgIpc) is 2.65. The first-order valence-corrected chi connectivity index (χ1v) is 5.83.